The third-order valence-electron chi connectivity index (χ3n) is 3.64. The molecule has 0 aliphatic heterocycles. The Bertz CT molecular complexity index is 384. The summed E-state index contributed by atoms with van der Waals surface area (Å²) >= 11 is 5.39. The molecule has 4 heteroatoms. The molecular weight excluding hydrogens is 298 g/mol. The van der Waals surface area contributed by atoms with Gasteiger partial charge in [0.25, 0.3) is 0 Å². The normalized spacial score (nSPS) is 10.6. The maximum absolute atomic E-state index is 11.6. The zero-order chi connectivity index (χ0) is 15.9. The molecule has 1 N–H and O–H groups in total. The van der Waals surface area contributed by atoms with Crippen molar-refractivity contribution in [3.63, 3.8) is 0 Å². The quantitative estimate of drug-likeness (QED) is 0.315. The Labute approximate surface area is 139 Å². The predicted octanol–water partition coefficient (Wildman–Crippen LogP) is 4.98. The highest BCUT2D eigenvalue weighted by atomic mass is 35.5. The molecule has 22 heavy (non-hydrogen) atoms. The minimum atomic E-state index is -0.0857. The zero-order valence-corrected chi connectivity index (χ0v) is 14.1. The number of hydrogen-bond acceptors (Lipinski definition) is 3. The van der Waals surface area contributed by atoms with E-state index in [9.17, 15) is 4.79 Å². The molecule has 1 aromatic rings. The van der Waals surface area contributed by atoms with Crippen molar-refractivity contribution in [2.45, 2.75) is 64.4 Å². The van der Waals surface area contributed by atoms with Crippen LogP contribution < -0.4 is 4.84 Å². The molecule has 0 saturated heterocycles. The average molecular weight is 326 g/mol. The Morgan fingerprint density at radius 1 is 0.909 bits per heavy atom. The lowest BCUT2D eigenvalue weighted by molar-refractivity contribution is -0.145. The molecule has 0 heterocycles. The fraction of sp³-hybridized carbons (Fsp3) is 0.611. The Morgan fingerprint density at radius 2 is 1.50 bits per heavy atom. The smallest absolute Gasteiger partial charge is 0.306 e. The summed E-state index contributed by atoms with van der Waals surface area (Å²) in [5.41, 5.74) is 1.04. The fourth-order valence-electron chi connectivity index (χ4n) is 2.33. The zero-order valence-electron chi connectivity index (χ0n) is 13.4. The Balaban J connectivity index is 1.87. The Hall–Kier alpha value is -1.06. The lowest BCUT2D eigenvalue weighted by Crippen LogP contribution is -2.04. The van der Waals surface area contributed by atoms with Gasteiger partial charge in [-0.2, -0.15) is 0 Å². The van der Waals surface area contributed by atoms with E-state index in [0.717, 1.165) is 31.4 Å². The van der Waals surface area contributed by atoms with Crippen LogP contribution in [0.3, 0.4) is 0 Å². The summed E-state index contributed by atoms with van der Waals surface area (Å²) in [4.78, 5) is 14.3. The highest BCUT2D eigenvalue weighted by Crippen LogP contribution is 2.10. The maximum atomic E-state index is 11.6. The van der Waals surface area contributed by atoms with Gasteiger partial charge in [0.05, 0.1) is 0 Å². The summed E-state index contributed by atoms with van der Waals surface area (Å²) in [6.45, 7) is 1.28. The third kappa shape index (κ3) is 10.6. The Kier molecular flexibility index (Phi) is 11.7. The van der Waals surface area contributed by atoms with E-state index in [-0.39, 0.29) is 5.97 Å². The minimum Gasteiger partial charge on any atom is -0.461 e. The van der Waals surface area contributed by atoms with Gasteiger partial charge < -0.3 is 4.74 Å². The third-order valence-corrected chi connectivity index (χ3v) is 3.83. The van der Waals surface area contributed by atoms with Gasteiger partial charge in [-0.05, 0) is 30.2 Å². The van der Waals surface area contributed by atoms with Crippen LogP contribution in [0.4, 0.5) is 0 Å². The lowest BCUT2D eigenvalue weighted by atomic mass is 10.1. The molecule has 0 bridgehead atoms. The monoisotopic (exact) mass is 325 g/mol. The van der Waals surface area contributed by atoms with Crippen LogP contribution in [0.25, 0.3) is 0 Å². The van der Waals surface area contributed by atoms with E-state index in [1.54, 1.807) is 0 Å². The summed E-state index contributed by atoms with van der Waals surface area (Å²) in [5.74, 6) is -0.0857. The molecule has 0 aliphatic rings. The van der Waals surface area contributed by atoms with Crippen LogP contribution in [-0.2, 0) is 16.1 Å². The second-order valence-corrected chi connectivity index (χ2v) is 5.88. The Morgan fingerprint density at radius 3 is 2.14 bits per heavy atom. The highest BCUT2D eigenvalue weighted by Gasteiger charge is 2.03. The van der Waals surface area contributed by atoms with Gasteiger partial charge in [-0.3, -0.25) is 4.79 Å². The first-order chi connectivity index (χ1) is 10.8. The van der Waals surface area contributed by atoms with Gasteiger partial charge >= 0.3 is 5.97 Å². The van der Waals surface area contributed by atoms with Gasteiger partial charge in [0.2, 0.25) is 0 Å². The number of rotatable bonds is 13. The lowest BCUT2D eigenvalue weighted by Gasteiger charge is -2.05. The second-order valence-electron chi connectivity index (χ2n) is 5.61. The van der Waals surface area contributed by atoms with Crippen LogP contribution in [0.15, 0.2) is 30.3 Å². The summed E-state index contributed by atoms with van der Waals surface area (Å²) in [6.07, 6.45) is 10.00. The molecule has 0 radical (unpaired) electrons. The first kappa shape index (κ1) is 19.0. The van der Waals surface area contributed by atoms with Crippen molar-refractivity contribution in [1.82, 2.24) is 4.84 Å². The fourth-order valence-corrected chi connectivity index (χ4v) is 2.47. The number of carbonyl (C=O) groups excluding carboxylic acids is 1. The van der Waals surface area contributed by atoms with Crippen molar-refractivity contribution < 1.29 is 9.53 Å². The van der Waals surface area contributed by atoms with E-state index < -0.39 is 0 Å². The molecular formula is C18H28ClNO2. The van der Waals surface area contributed by atoms with Crippen molar-refractivity contribution >= 4 is 17.7 Å². The van der Waals surface area contributed by atoms with Crippen LogP contribution in [-0.4, -0.2) is 12.5 Å². The molecule has 1 aromatic carbocycles. The molecule has 0 aliphatic carbocycles. The minimum absolute atomic E-state index is 0.0857. The SMILES string of the molecule is O=C(CCCCCCCCCCNCl)OCc1ccccc1. The van der Waals surface area contributed by atoms with Gasteiger partial charge in [-0.15, -0.1) is 0 Å². The molecule has 0 aromatic heterocycles. The standard InChI is InChI=1S/C18H28ClNO2/c19-20-15-11-6-4-2-1-3-5-10-14-18(21)22-16-17-12-8-7-9-13-17/h7-9,12-13,20H,1-6,10-11,14-16H2. The number of benzene rings is 1. The van der Waals surface area contributed by atoms with Gasteiger partial charge in [-0.25, -0.2) is 4.84 Å². The number of unbranched alkanes of at least 4 members (excludes halogenated alkanes) is 7. The van der Waals surface area contributed by atoms with E-state index in [0.29, 0.717) is 13.0 Å². The molecule has 0 atom stereocenters. The van der Waals surface area contributed by atoms with E-state index in [4.69, 9.17) is 16.5 Å². The van der Waals surface area contributed by atoms with Crippen molar-refractivity contribution in [3.8, 4) is 0 Å². The van der Waals surface area contributed by atoms with Crippen LogP contribution >= 0.6 is 11.8 Å². The maximum Gasteiger partial charge on any atom is 0.306 e. The summed E-state index contributed by atoms with van der Waals surface area (Å²) in [7, 11) is 0. The molecule has 0 unspecified atom stereocenters. The number of ether oxygens (including phenoxy) is 1. The van der Waals surface area contributed by atoms with Crippen molar-refractivity contribution in [3.05, 3.63) is 35.9 Å². The number of halogens is 1. The largest absolute Gasteiger partial charge is 0.461 e. The molecule has 1 rings (SSSR count). The first-order valence-corrected chi connectivity index (χ1v) is 8.74. The molecule has 0 fully saturated rings. The topological polar surface area (TPSA) is 38.3 Å². The average Bonchev–Trinajstić information content (AvgIpc) is 2.55. The van der Waals surface area contributed by atoms with E-state index in [1.165, 1.54) is 32.1 Å². The van der Waals surface area contributed by atoms with Crippen LogP contribution in [0.5, 0.6) is 0 Å². The number of carbonyl (C=O) groups is 1. The highest BCUT2D eigenvalue weighted by molar-refractivity contribution is 6.13. The number of nitrogens with one attached hydrogen (secondary N) is 1. The summed E-state index contributed by atoms with van der Waals surface area (Å²) < 4.78 is 5.26. The van der Waals surface area contributed by atoms with Crippen molar-refractivity contribution in [2.75, 3.05) is 6.54 Å². The van der Waals surface area contributed by atoms with E-state index in [2.05, 4.69) is 4.84 Å². The van der Waals surface area contributed by atoms with Gasteiger partial charge in [-0.1, -0.05) is 68.9 Å². The molecule has 3 nitrogen and oxygen atoms in total. The molecule has 124 valence electrons. The van der Waals surface area contributed by atoms with E-state index in [1.807, 2.05) is 30.3 Å². The van der Waals surface area contributed by atoms with Crippen LogP contribution in [0.2, 0.25) is 0 Å². The molecule has 0 spiro atoms. The first-order valence-electron chi connectivity index (χ1n) is 8.36. The number of esters is 1. The molecule has 0 saturated carbocycles. The van der Waals surface area contributed by atoms with Crippen molar-refractivity contribution in [2.24, 2.45) is 0 Å². The van der Waals surface area contributed by atoms with Gasteiger partial charge in [0, 0.05) is 13.0 Å². The predicted molar refractivity (Wildman–Crippen MR) is 91.6 cm³/mol. The summed E-state index contributed by atoms with van der Waals surface area (Å²) in [5, 5.41) is 0. The van der Waals surface area contributed by atoms with Crippen LogP contribution in [0, 0.1) is 0 Å². The molecule has 0 amide bonds. The van der Waals surface area contributed by atoms with E-state index >= 15 is 0 Å². The van der Waals surface area contributed by atoms with Crippen molar-refractivity contribution in [1.29, 1.82) is 0 Å². The van der Waals surface area contributed by atoms with Gasteiger partial charge in [0.1, 0.15) is 6.61 Å². The number of hydrogen-bond donors (Lipinski definition) is 1. The second kappa shape index (κ2) is 13.6. The summed E-state index contributed by atoms with van der Waals surface area (Å²) in [6, 6.07) is 9.80. The van der Waals surface area contributed by atoms with Gasteiger partial charge in [0.15, 0.2) is 0 Å². The van der Waals surface area contributed by atoms with Crippen LogP contribution in [0.1, 0.15) is 63.4 Å².